The molecule has 0 bridgehead atoms. The lowest BCUT2D eigenvalue weighted by atomic mass is 10.1. The van der Waals surface area contributed by atoms with Gasteiger partial charge in [-0.25, -0.2) is 9.82 Å². The molecule has 3 nitrogen and oxygen atoms in total. The smallest absolute Gasteiger partial charge is 0.169 e. The molecule has 2 aromatic carbocycles. The second kappa shape index (κ2) is 5.36. The zero-order chi connectivity index (χ0) is 14.1. The van der Waals surface area contributed by atoms with Crippen LogP contribution in [0.5, 0.6) is 0 Å². The molecule has 0 radical (unpaired) electrons. The molecule has 0 saturated heterocycles. The molecule has 0 aliphatic rings. The van der Waals surface area contributed by atoms with E-state index in [4.69, 9.17) is 10.3 Å². The van der Waals surface area contributed by atoms with Crippen molar-refractivity contribution in [3.8, 4) is 0 Å². The van der Waals surface area contributed by atoms with Crippen molar-refractivity contribution in [3.63, 3.8) is 0 Å². The van der Waals surface area contributed by atoms with E-state index in [0.29, 0.717) is 5.76 Å². The Morgan fingerprint density at radius 2 is 1.95 bits per heavy atom. The number of benzene rings is 2. The Hall–Kier alpha value is -1.69. The molecule has 0 aliphatic heterocycles. The van der Waals surface area contributed by atoms with E-state index in [1.54, 1.807) is 18.2 Å². The van der Waals surface area contributed by atoms with Crippen LogP contribution in [0.2, 0.25) is 0 Å². The minimum atomic E-state index is -0.376. The van der Waals surface area contributed by atoms with Gasteiger partial charge in [0.15, 0.2) is 11.4 Å². The highest BCUT2D eigenvalue weighted by molar-refractivity contribution is 9.10. The summed E-state index contributed by atoms with van der Waals surface area (Å²) in [5, 5.41) is 0.718. The van der Waals surface area contributed by atoms with Gasteiger partial charge in [-0.2, -0.15) is 0 Å². The van der Waals surface area contributed by atoms with Crippen molar-refractivity contribution in [2.24, 2.45) is 5.84 Å². The van der Waals surface area contributed by atoms with E-state index in [2.05, 4.69) is 21.4 Å². The van der Waals surface area contributed by atoms with Crippen molar-refractivity contribution in [1.82, 2.24) is 5.43 Å². The van der Waals surface area contributed by atoms with Crippen LogP contribution in [-0.4, -0.2) is 0 Å². The SMILES string of the molecule is NNC(c1cccc(Br)c1)c1cc2cccc(F)c2o1. The average molecular weight is 335 g/mol. The number of furan rings is 1. The number of fused-ring (bicyclic) bond motifs is 1. The Labute approximate surface area is 123 Å². The summed E-state index contributed by atoms with van der Waals surface area (Å²) in [7, 11) is 0. The Balaban J connectivity index is 2.09. The largest absolute Gasteiger partial charge is 0.456 e. The van der Waals surface area contributed by atoms with E-state index in [1.807, 2.05) is 24.3 Å². The Morgan fingerprint density at radius 3 is 2.65 bits per heavy atom. The maximum Gasteiger partial charge on any atom is 0.169 e. The molecule has 0 fully saturated rings. The number of nitrogens with one attached hydrogen (secondary N) is 1. The molecule has 3 N–H and O–H groups in total. The second-order valence-electron chi connectivity index (χ2n) is 4.46. The summed E-state index contributed by atoms with van der Waals surface area (Å²) in [5.74, 6) is 5.83. The van der Waals surface area contributed by atoms with Crippen molar-refractivity contribution >= 4 is 26.9 Å². The van der Waals surface area contributed by atoms with Crippen molar-refractivity contribution in [2.75, 3.05) is 0 Å². The van der Waals surface area contributed by atoms with Crippen LogP contribution in [0.15, 0.2) is 57.4 Å². The highest BCUT2D eigenvalue weighted by atomic mass is 79.9. The molecule has 1 aromatic heterocycles. The summed E-state index contributed by atoms with van der Waals surface area (Å²) in [6.45, 7) is 0. The predicted molar refractivity (Wildman–Crippen MR) is 79.5 cm³/mol. The Bertz CT molecular complexity index is 756. The summed E-state index contributed by atoms with van der Waals surface area (Å²) in [6.07, 6.45) is 0. The van der Waals surface area contributed by atoms with Crippen LogP contribution in [-0.2, 0) is 0 Å². The van der Waals surface area contributed by atoms with Crippen molar-refractivity contribution < 1.29 is 8.81 Å². The monoisotopic (exact) mass is 334 g/mol. The fourth-order valence-electron chi connectivity index (χ4n) is 2.22. The first-order chi connectivity index (χ1) is 9.69. The van der Waals surface area contributed by atoms with Gasteiger partial charge in [-0.3, -0.25) is 5.84 Å². The molecule has 0 spiro atoms. The first kappa shape index (κ1) is 13.3. The van der Waals surface area contributed by atoms with E-state index in [-0.39, 0.29) is 17.4 Å². The van der Waals surface area contributed by atoms with E-state index in [0.717, 1.165) is 15.4 Å². The van der Waals surface area contributed by atoms with Gasteiger partial charge >= 0.3 is 0 Å². The van der Waals surface area contributed by atoms with Crippen LogP contribution in [0.3, 0.4) is 0 Å². The van der Waals surface area contributed by atoms with Crippen molar-refractivity contribution in [3.05, 3.63) is 70.1 Å². The fraction of sp³-hybridized carbons (Fsp3) is 0.0667. The van der Waals surface area contributed by atoms with Crippen LogP contribution >= 0.6 is 15.9 Å². The van der Waals surface area contributed by atoms with E-state index in [1.165, 1.54) is 6.07 Å². The van der Waals surface area contributed by atoms with E-state index < -0.39 is 0 Å². The molecule has 1 unspecified atom stereocenters. The number of nitrogens with two attached hydrogens (primary N) is 1. The summed E-state index contributed by atoms with van der Waals surface area (Å²) in [4.78, 5) is 0. The molecule has 0 saturated carbocycles. The van der Waals surface area contributed by atoms with Crippen LogP contribution in [0.25, 0.3) is 11.0 Å². The standard InChI is InChI=1S/C15H12BrFN2O/c16-11-5-1-3-9(7-11)14(19-18)13-8-10-4-2-6-12(17)15(10)20-13/h1-8,14,19H,18H2. The van der Waals surface area contributed by atoms with Crippen molar-refractivity contribution in [1.29, 1.82) is 0 Å². The van der Waals surface area contributed by atoms with Gasteiger partial charge in [0.25, 0.3) is 0 Å². The quantitative estimate of drug-likeness (QED) is 0.564. The van der Waals surface area contributed by atoms with Gasteiger partial charge in [-0.1, -0.05) is 40.2 Å². The zero-order valence-corrected chi connectivity index (χ0v) is 12.0. The van der Waals surface area contributed by atoms with E-state index >= 15 is 0 Å². The van der Waals surface area contributed by atoms with Gasteiger partial charge in [0, 0.05) is 9.86 Å². The predicted octanol–water partition coefficient (Wildman–Crippen LogP) is 3.89. The molecule has 102 valence electrons. The molecule has 0 amide bonds. The van der Waals surface area contributed by atoms with Crippen LogP contribution in [0.4, 0.5) is 4.39 Å². The Kier molecular flexibility index (Phi) is 3.56. The number of hydrazine groups is 1. The highest BCUT2D eigenvalue weighted by Gasteiger charge is 2.18. The van der Waals surface area contributed by atoms with Gasteiger partial charge in [0.1, 0.15) is 11.8 Å². The maximum absolute atomic E-state index is 13.7. The topological polar surface area (TPSA) is 51.2 Å². The first-order valence-corrected chi connectivity index (χ1v) is 6.88. The molecule has 1 atom stereocenters. The zero-order valence-electron chi connectivity index (χ0n) is 10.4. The lowest BCUT2D eigenvalue weighted by Crippen LogP contribution is -2.28. The molecule has 3 rings (SSSR count). The molecule has 1 heterocycles. The third-order valence-corrected chi connectivity index (χ3v) is 3.64. The molecule has 0 aliphatic carbocycles. The number of hydrogen-bond acceptors (Lipinski definition) is 3. The first-order valence-electron chi connectivity index (χ1n) is 6.08. The minimum Gasteiger partial charge on any atom is -0.456 e. The molecular weight excluding hydrogens is 323 g/mol. The van der Waals surface area contributed by atoms with E-state index in [9.17, 15) is 4.39 Å². The summed E-state index contributed by atoms with van der Waals surface area (Å²) in [6, 6.07) is 14.0. The maximum atomic E-state index is 13.7. The summed E-state index contributed by atoms with van der Waals surface area (Å²) < 4.78 is 20.2. The number of rotatable bonds is 3. The summed E-state index contributed by atoms with van der Waals surface area (Å²) >= 11 is 3.42. The summed E-state index contributed by atoms with van der Waals surface area (Å²) in [5.41, 5.74) is 3.88. The molecule has 20 heavy (non-hydrogen) atoms. The fourth-order valence-corrected chi connectivity index (χ4v) is 2.64. The van der Waals surface area contributed by atoms with Crippen LogP contribution < -0.4 is 11.3 Å². The molecular formula is C15H12BrFN2O. The third-order valence-electron chi connectivity index (χ3n) is 3.15. The minimum absolute atomic E-state index is 0.248. The van der Waals surface area contributed by atoms with Gasteiger partial charge in [-0.15, -0.1) is 0 Å². The second-order valence-corrected chi connectivity index (χ2v) is 5.38. The number of halogens is 2. The highest BCUT2D eigenvalue weighted by Crippen LogP contribution is 2.30. The molecule has 3 aromatic rings. The molecule has 5 heteroatoms. The third kappa shape index (κ3) is 2.35. The average Bonchev–Trinajstić information content (AvgIpc) is 2.85. The van der Waals surface area contributed by atoms with Gasteiger partial charge < -0.3 is 4.42 Å². The number of hydrogen-bond donors (Lipinski definition) is 2. The number of para-hydroxylation sites is 1. The lowest BCUT2D eigenvalue weighted by Gasteiger charge is -2.13. The van der Waals surface area contributed by atoms with Gasteiger partial charge in [-0.05, 0) is 29.8 Å². The van der Waals surface area contributed by atoms with Crippen molar-refractivity contribution in [2.45, 2.75) is 6.04 Å². The van der Waals surface area contributed by atoms with Gasteiger partial charge in [0.05, 0.1) is 0 Å². The van der Waals surface area contributed by atoms with Gasteiger partial charge in [0.2, 0.25) is 0 Å². The van der Waals surface area contributed by atoms with Crippen LogP contribution in [0.1, 0.15) is 17.4 Å². The normalized spacial score (nSPS) is 12.8. The lowest BCUT2D eigenvalue weighted by molar-refractivity contribution is 0.465. The Morgan fingerprint density at radius 1 is 1.15 bits per heavy atom. The van der Waals surface area contributed by atoms with Crippen LogP contribution in [0, 0.1) is 5.82 Å².